The van der Waals surface area contributed by atoms with Crippen LogP contribution < -0.4 is 10.1 Å². The van der Waals surface area contributed by atoms with Gasteiger partial charge in [0, 0.05) is 11.9 Å². The van der Waals surface area contributed by atoms with Crippen LogP contribution in [0.5, 0.6) is 5.75 Å². The number of carbonyl (C=O) groups excluding carboxylic acids is 2. The molecule has 0 saturated heterocycles. The molecule has 1 aromatic carbocycles. The number of hydrogen-bond acceptors (Lipinski definition) is 8. The van der Waals surface area contributed by atoms with Crippen LogP contribution in [-0.4, -0.2) is 39.0 Å². The number of anilines is 1. The quantitative estimate of drug-likeness (QED) is 0.340. The summed E-state index contributed by atoms with van der Waals surface area (Å²) in [6, 6.07) is 7.82. The molecule has 0 bridgehead atoms. The van der Waals surface area contributed by atoms with Gasteiger partial charge in [-0.15, -0.1) is 21.5 Å². The van der Waals surface area contributed by atoms with Crippen LogP contribution in [0, 0.1) is 20.8 Å². The van der Waals surface area contributed by atoms with Crippen molar-refractivity contribution in [3.63, 3.8) is 0 Å². The molecule has 2 aromatic heterocycles. The lowest BCUT2D eigenvalue weighted by Gasteiger charge is -2.14. The summed E-state index contributed by atoms with van der Waals surface area (Å²) in [7, 11) is 1.84. The minimum absolute atomic E-state index is 0.122. The molecule has 0 aliphatic heterocycles. The molecule has 0 fully saturated rings. The average Bonchev–Trinajstić information content (AvgIpc) is 3.25. The van der Waals surface area contributed by atoms with Gasteiger partial charge in [-0.3, -0.25) is 4.79 Å². The third kappa shape index (κ3) is 5.94. The Labute approximate surface area is 201 Å². The Balaban J connectivity index is 1.63. The monoisotopic (exact) mass is 488 g/mol. The van der Waals surface area contributed by atoms with E-state index in [2.05, 4.69) is 15.5 Å². The number of nitrogens with one attached hydrogen (secondary N) is 1. The molecule has 1 amide bonds. The normalized spacial score (nSPS) is 11.8. The zero-order valence-electron chi connectivity index (χ0n) is 19.6. The van der Waals surface area contributed by atoms with E-state index in [-0.39, 0.29) is 24.4 Å². The molecule has 8 nitrogen and oxygen atoms in total. The van der Waals surface area contributed by atoms with Gasteiger partial charge in [0.15, 0.2) is 17.1 Å². The maximum absolute atomic E-state index is 12.6. The first-order valence-electron chi connectivity index (χ1n) is 10.5. The number of aryl methyl sites for hydroxylation is 2. The van der Waals surface area contributed by atoms with E-state index in [1.807, 2.05) is 63.6 Å². The highest BCUT2D eigenvalue weighted by Gasteiger charge is 2.23. The summed E-state index contributed by atoms with van der Waals surface area (Å²) in [6.45, 7) is 9.71. The van der Waals surface area contributed by atoms with Crippen molar-refractivity contribution in [3.05, 3.63) is 51.7 Å². The number of thiophene rings is 1. The van der Waals surface area contributed by atoms with Gasteiger partial charge in [0.2, 0.25) is 5.91 Å². The lowest BCUT2D eigenvalue weighted by Crippen LogP contribution is -2.17. The van der Waals surface area contributed by atoms with Gasteiger partial charge in [0.25, 0.3) is 0 Å². The van der Waals surface area contributed by atoms with Crippen molar-refractivity contribution in [1.29, 1.82) is 0 Å². The van der Waals surface area contributed by atoms with E-state index >= 15 is 0 Å². The highest BCUT2D eigenvalue weighted by molar-refractivity contribution is 7.99. The summed E-state index contributed by atoms with van der Waals surface area (Å²) in [6.07, 6.45) is -0.309. The average molecular weight is 489 g/mol. The van der Waals surface area contributed by atoms with Crippen LogP contribution in [0.15, 0.2) is 29.4 Å². The van der Waals surface area contributed by atoms with Crippen LogP contribution in [-0.2, 0) is 16.6 Å². The van der Waals surface area contributed by atoms with Gasteiger partial charge in [-0.1, -0.05) is 23.9 Å². The van der Waals surface area contributed by atoms with Crippen LogP contribution in [0.3, 0.4) is 0 Å². The molecule has 2 heterocycles. The Hall–Kier alpha value is -2.85. The van der Waals surface area contributed by atoms with Gasteiger partial charge >= 0.3 is 5.97 Å². The summed E-state index contributed by atoms with van der Waals surface area (Å²) < 4.78 is 13.0. The molecule has 0 spiro atoms. The van der Waals surface area contributed by atoms with Crippen molar-refractivity contribution in [1.82, 2.24) is 14.8 Å². The highest BCUT2D eigenvalue weighted by Crippen LogP contribution is 2.33. The molecule has 3 aromatic rings. The number of hydrogen-bond donors (Lipinski definition) is 1. The Kier molecular flexibility index (Phi) is 8.15. The van der Waals surface area contributed by atoms with E-state index in [0.717, 1.165) is 21.8 Å². The number of ether oxygens (including phenoxy) is 2. The van der Waals surface area contributed by atoms with E-state index in [1.165, 1.54) is 23.1 Å². The topological polar surface area (TPSA) is 95.3 Å². The molecule has 0 aliphatic rings. The maximum Gasteiger partial charge on any atom is 0.341 e. The van der Waals surface area contributed by atoms with Crippen molar-refractivity contribution in [2.45, 2.75) is 45.9 Å². The van der Waals surface area contributed by atoms with E-state index in [4.69, 9.17) is 9.47 Å². The number of rotatable bonds is 9. The van der Waals surface area contributed by atoms with Crippen molar-refractivity contribution in [3.8, 4) is 5.75 Å². The standard InChI is InChI=1S/C23H28N4O4S2/c1-7-30-22(29)19-14(3)16(5)33-21(19)24-18(28)12-32-23-26-25-20(27(23)6)15(4)31-17-10-8-9-13(2)11-17/h8-11,15H,7,12H2,1-6H3,(H,24,28). The van der Waals surface area contributed by atoms with Crippen molar-refractivity contribution in [2.75, 3.05) is 17.7 Å². The SMILES string of the molecule is CCOC(=O)c1c(NC(=O)CSc2nnc(C(C)Oc3cccc(C)c3)n2C)sc(C)c1C. The summed E-state index contributed by atoms with van der Waals surface area (Å²) >= 11 is 2.63. The van der Waals surface area contributed by atoms with Gasteiger partial charge in [-0.25, -0.2) is 4.79 Å². The molecule has 0 saturated carbocycles. The van der Waals surface area contributed by atoms with Gasteiger partial charge < -0.3 is 19.4 Å². The Morgan fingerprint density at radius 2 is 2.00 bits per heavy atom. The van der Waals surface area contributed by atoms with Crippen molar-refractivity contribution >= 4 is 40.0 Å². The second-order valence-electron chi connectivity index (χ2n) is 7.52. The van der Waals surface area contributed by atoms with E-state index < -0.39 is 5.97 Å². The van der Waals surface area contributed by atoms with Crippen LogP contribution in [0.25, 0.3) is 0 Å². The molecule has 1 N–H and O–H groups in total. The predicted octanol–water partition coefficient (Wildman–Crippen LogP) is 4.85. The predicted molar refractivity (Wildman–Crippen MR) is 130 cm³/mol. The number of carbonyl (C=O) groups is 2. The maximum atomic E-state index is 12.6. The lowest BCUT2D eigenvalue weighted by atomic mass is 10.1. The van der Waals surface area contributed by atoms with Crippen molar-refractivity contribution < 1.29 is 19.1 Å². The first-order valence-corrected chi connectivity index (χ1v) is 12.3. The van der Waals surface area contributed by atoms with Gasteiger partial charge in [0.1, 0.15) is 10.8 Å². The molecule has 10 heteroatoms. The summed E-state index contributed by atoms with van der Waals surface area (Å²) in [5.41, 5.74) is 2.35. The van der Waals surface area contributed by atoms with Crippen LogP contribution in [0.2, 0.25) is 0 Å². The molecule has 3 rings (SSSR count). The van der Waals surface area contributed by atoms with E-state index in [1.54, 1.807) is 6.92 Å². The zero-order valence-corrected chi connectivity index (χ0v) is 21.2. The smallest absolute Gasteiger partial charge is 0.341 e. The number of esters is 1. The fourth-order valence-corrected chi connectivity index (χ4v) is 4.99. The molecule has 0 aliphatic carbocycles. The number of benzene rings is 1. The van der Waals surface area contributed by atoms with Gasteiger partial charge in [-0.2, -0.15) is 0 Å². The van der Waals surface area contributed by atoms with Crippen LogP contribution in [0.4, 0.5) is 5.00 Å². The molecule has 1 unspecified atom stereocenters. The molecular weight excluding hydrogens is 460 g/mol. The summed E-state index contributed by atoms with van der Waals surface area (Å²) in [5, 5.41) is 12.4. The minimum Gasteiger partial charge on any atom is -0.483 e. The first kappa shape index (κ1) is 24.8. The number of nitrogens with zero attached hydrogens (tertiary/aromatic N) is 3. The highest BCUT2D eigenvalue weighted by atomic mass is 32.2. The van der Waals surface area contributed by atoms with E-state index in [0.29, 0.717) is 21.5 Å². The molecule has 33 heavy (non-hydrogen) atoms. The second-order valence-corrected chi connectivity index (χ2v) is 9.69. The van der Waals surface area contributed by atoms with Crippen molar-refractivity contribution in [2.24, 2.45) is 7.05 Å². The lowest BCUT2D eigenvalue weighted by molar-refractivity contribution is -0.113. The third-order valence-electron chi connectivity index (χ3n) is 4.98. The molecule has 0 radical (unpaired) electrons. The fraction of sp³-hybridized carbons (Fsp3) is 0.391. The van der Waals surface area contributed by atoms with Gasteiger partial charge in [-0.05, 0) is 57.9 Å². The molecular formula is C23H28N4O4S2. The van der Waals surface area contributed by atoms with Crippen LogP contribution in [0.1, 0.15) is 52.1 Å². The minimum atomic E-state index is -0.428. The molecule has 176 valence electrons. The third-order valence-corrected chi connectivity index (χ3v) is 7.13. The first-order chi connectivity index (χ1) is 15.7. The number of thioether (sulfide) groups is 1. The second kappa shape index (κ2) is 10.8. The van der Waals surface area contributed by atoms with E-state index in [9.17, 15) is 9.59 Å². The number of aromatic nitrogens is 3. The Morgan fingerprint density at radius 3 is 2.70 bits per heavy atom. The Bertz CT molecular complexity index is 1160. The largest absolute Gasteiger partial charge is 0.483 e. The Morgan fingerprint density at radius 1 is 1.24 bits per heavy atom. The number of amides is 1. The fourth-order valence-electron chi connectivity index (χ4n) is 3.21. The molecule has 1 atom stereocenters. The summed E-state index contributed by atoms with van der Waals surface area (Å²) in [5.74, 6) is 0.881. The summed E-state index contributed by atoms with van der Waals surface area (Å²) in [4.78, 5) is 25.9. The zero-order chi connectivity index (χ0) is 24.1. The van der Waals surface area contributed by atoms with Crippen LogP contribution >= 0.6 is 23.1 Å². The van der Waals surface area contributed by atoms with Gasteiger partial charge in [0.05, 0.1) is 17.9 Å².